The van der Waals surface area contributed by atoms with Crippen LogP contribution in [0.5, 0.6) is 0 Å². The van der Waals surface area contributed by atoms with Crippen molar-refractivity contribution in [2.45, 2.75) is 24.7 Å². The first-order valence-electron chi connectivity index (χ1n) is 10.3. The van der Waals surface area contributed by atoms with E-state index in [0.29, 0.717) is 48.5 Å². The molecular formula is C23H8F12N2O3. The van der Waals surface area contributed by atoms with Crippen LogP contribution in [0.4, 0.5) is 52.7 Å². The van der Waals surface area contributed by atoms with Crippen LogP contribution in [0.1, 0.15) is 38.6 Å². The Labute approximate surface area is 213 Å². The molecule has 0 atom stereocenters. The van der Waals surface area contributed by atoms with E-state index in [4.69, 9.17) is 0 Å². The van der Waals surface area contributed by atoms with Crippen LogP contribution >= 0.6 is 0 Å². The first kappa shape index (κ1) is 28.7. The lowest BCUT2D eigenvalue weighted by molar-refractivity contribution is -0.139. The van der Waals surface area contributed by atoms with Gasteiger partial charge in [0.25, 0.3) is 5.78 Å². The monoisotopic (exact) mass is 588 g/mol. The van der Waals surface area contributed by atoms with Gasteiger partial charge < -0.3 is 9.05 Å². The highest BCUT2D eigenvalue weighted by molar-refractivity contribution is 6.08. The largest absolute Gasteiger partial charge is 0.422 e. The highest BCUT2D eigenvalue weighted by atomic mass is 19.4. The van der Waals surface area contributed by atoms with Gasteiger partial charge in [0.2, 0.25) is 11.5 Å². The van der Waals surface area contributed by atoms with Crippen molar-refractivity contribution in [2.75, 3.05) is 0 Å². The molecule has 0 saturated heterocycles. The standard InChI is InChI=1S/C23H8F12N2O3/c24-20(25,26)11-5-1-9(2-6-11)15-13(22(30,31)32)18(39-36-15)17(38)19-14(23(33,34)35)16(37-40-19)10-3-7-12(8-4-10)21(27,28)29/h1-8H. The van der Waals surface area contributed by atoms with Gasteiger partial charge in [-0.1, -0.05) is 34.6 Å². The van der Waals surface area contributed by atoms with Gasteiger partial charge in [-0.25, -0.2) is 0 Å². The van der Waals surface area contributed by atoms with E-state index in [-0.39, 0.29) is 0 Å². The van der Waals surface area contributed by atoms with Crippen LogP contribution in [0.25, 0.3) is 22.5 Å². The molecule has 40 heavy (non-hydrogen) atoms. The fraction of sp³-hybridized carbons (Fsp3) is 0.174. The zero-order chi connectivity index (χ0) is 29.8. The summed E-state index contributed by atoms with van der Waals surface area (Å²) in [6.07, 6.45) is -20.7. The van der Waals surface area contributed by atoms with Crippen molar-refractivity contribution >= 4 is 5.78 Å². The summed E-state index contributed by atoms with van der Waals surface area (Å²) in [6, 6.07) is 3.90. The molecule has 5 nitrogen and oxygen atoms in total. The number of hydrogen-bond acceptors (Lipinski definition) is 5. The molecule has 0 radical (unpaired) electrons. The van der Waals surface area contributed by atoms with Crippen LogP contribution in [-0.2, 0) is 24.7 Å². The molecule has 0 aliphatic carbocycles. The van der Waals surface area contributed by atoms with E-state index in [2.05, 4.69) is 19.4 Å². The van der Waals surface area contributed by atoms with E-state index in [1.165, 1.54) is 0 Å². The van der Waals surface area contributed by atoms with Gasteiger partial charge in [-0.05, 0) is 24.3 Å². The van der Waals surface area contributed by atoms with Crippen LogP contribution in [0, 0.1) is 0 Å². The van der Waals surface area contributed by atoms with Crippen LogP contribution in [0.15, 0.2) is 57.6 Å². The molecule has 212 valence electrons. The van der Waals surface area contributed by atoms with Crippen molar-refractivity contribution in [1.82, 2.24) is 10.3 Å². The molecule has 0 aliphatic rings. The number of carbonyl (C=O) groups is 1. The molecule has 0 fully saturated rings. The maximum atomic E-state index is 13.9. The SMILES string of the molecule is O=C(c1onc(-c2ccc(C(F)(F)F)cc2)c1C(F)(F)F)c1onc(-c2ccc(C(F)(F)F)cc2)c1C(F)(F)F. The van der Waals surface area contributed by atoms with E-state index >= 15 is 0 Å². The second kappa shape index (κ2) is 9.41. The second-order valence-corrected chi connectivity index (χ2v) is 7.95. The molecule has 0 unspecified atom stereocenters. The lowest BCUT2D eigenvalue weighted by Gasteiger charge is -2.10. The van der Waals surface area contributed by atoms with Crippen molar-refractivity contribution in [2.24, 2.45) is 0 Å². The molecule has 17 heteroatoms. The molecule has 2 aromatic carbocycles. The zero-order valence-electron chi connectivity index (χ0n) is 18.8. The molecule has 0 aliphatic heterocycles. The van der Waals surface area contributed by atoms with Gasteiger partial charge in [-0.15, -0.1) is 0 Å². The third-order valence-electron chi connectivity index (χ3n) is 5.33. The normalized spacial score (nSPS) is 13.1. The van der Waals surface area contributed by atoms with Crippen molar-refractivity contribution in [3.8, 4) is 22.5 Å². The van der Waals surface area contributed by atoms with Crippen molar-refractivity contribution in [3.05, 3.63) is 82.3 Å². The molecule has 4 aromatic rings. The maximum absolute atomic E-state index is 13.9. The zero-order valence-corrected chi connectivity index (χ0v) is 18.8. The topological polar surface area (TPSA) is 69.1 Å². The summed E-state index contributed by atoms with van der Waals surface area (Å²) in [5.41, 5.74) is -10.2. The summed E-state index contributed by atoms with van der Waals surface area (Å²) in [6.45, 7) is 0. The highest BCUT2D eigenvalue weighted by Crippen LogP contribution is 2.44. The Kier molecular flexibility index (Phi) is 6.75. The molecule has 0 saturated carbocycles. The smallest absolute Gasteiger partial charge is 0.351 e. The Balaban J connectivity index is 1.83. The number of alkyl halides is 12. The number of carbonyl (C=O) groups excluding carboxylic acids is 1. The van der Waals surface area contributed by atoms with Gasteiger partial charge in [0.1, 0.15) is 22.5 Å². The lowest BCUT2D eigenvalue weighted by Crippen LogP contribution is -2.16. The minimum Gasteiger partial charge on any atom is -0.351 e. The summed E-state index contributed by atoms with van der Waals surface area (Å²) in [7, 11) is 0. The molecular weight excluding hydrogens is 580 g/mol. The highest BCUT2D eigenvalue weighted by Gasteiger charge is 2.48. The maximum Gasteiger partial charge on any atom is 0.422 e. The van der Waals surface area contributed by atoms with E-state index < -0.39 is 86.8 Å². The van der Waals surface area contributed by atoms with E-state index in [1.54, 1.807) is 0 Å². The van der Waals surface area contributed by atoms with Crippen LogP contribution in [0.3, 0.4) is 0 Å². The predicted molar refractivity (Wildman–Crippen MR) is 107 cm³/mol. The molecule has 0 bridgehead atoms. The minimum absolute atomic E-state index is 0.403. The fourth-order valence-electron chi connectivity index (χ4n) is 3.55. The average molecular weight is 588 g/mol. The van der Waals surface area contributed by atoms with Gasteiger partial charge in [-0.3, -0.25) is 4.79 Å². The Morgan fingerprint density at radius 3 is 1.05 bits per heavy atom. The molecule has 0 amide bonds. The number of nitrogens with zero attached hydrogens (tertiary/aromatic N) is 2. The Hall–Kier alpha value is -4.31. The predicted octanol–water partition coefficient (Wildman–Crippen LogP) is 8.30. The van der Waals surface area contributed by atoms with Crippen molar-refractivity contribution in [1.29, 1.82) is 0 Å². The van der Waals surface area contributed by atoms with E-state index in [1.807, 2.05) is 0 Å². The summed E-state index contributed by atoms with van der Waals surface area (Å²) in [5.74, 6) is -5.75. The summed E-state index contributed by atoms with van der Waals surface area (Å²) in [4.78, 5) is 12.9. The summed E-state index contributed by atoms with van der Waals surface area (Å²) >= 11 is 0. The van der Waals surface area contributed by atoms with Gasteiger partial charge >= 0.3 is 24.7 Å². The van der Waals surface area contributed by atoms with Crippen LogP contribution in [-0.4, -0.2) is 16.1 Å². The molecule has 4 rings (SSSR count). The third kappa shape index (κ3) is 5.40. The lowest BCUT2D eigenvalue weighted by atomic mass is 9.99. The Morgan fingerprint density at radius 2 is 0.800 bits per heavy atom. The first-order valence-corrected chi connectivity index (χ1v) is 10.3. The summed E-state index contributed by atoms with van der Waals surface area (Å²) < 4.78 is 169. The number of hydrogen-bond donors (Lipinski definition) is 0. The van der Waals surface area contributed by atoms with Crippen molar-refractivity contribution < 1.29 is 66.5 Å². The molecule has 2 heterocycles. The van der Waals surface area contributed by atoms with Crippen LogP contribution < -0.4 is 0 Å². The van der Waals surface area contributed by atoms with Crippen LogP contribution in [0.2, 0.25) is 0 Å². The number of aromatic nitrogens is 2. The van der Waals surface area contributed by atoms with Gasteiger partial charge in [0.15, 0.2) is 0 Å². The molecule has 0 spiro atoms. The minimum atomic E-state index is -5.52. The van der Waals surface area contributed by atoms with Gasteiger partial charge in [0.05, 0.1) is 11.1 Å². The Morgan fingerprint density at radius 1 is 0.500 bits per heavy atom. The fourth-order valence-corrected chi connectivity index (χ4v) is 3.55. The first-order chi connectivity index (χ1) is 18.3. The number of rotatable bonds is 4. The second-order valence-electron chi connectivity index (χ2n) is 7.95. The van der Waals surface area contributed by atoms with E-state index in [9.17, 15) is 57.5 Å². The number of halogens is 12. The number of benzene rings is 2. The number of ketones is 1. The van der Waals surface area contributed by atoms with E-state index in [0.717, 1.165) is 0 Å². The average Bonchev–Trinajstić information content (AvgIpc) is 3.48. The Bertz CT molecular complexity index is 1420. The molecule has 0 N–H and O–H groups in total. The van der Waals surface area contributed by atoms with Crippen molar-refractivity contribution in [3.63, 3.8) is 0 Å². The summed E-state index contributed by atoms with van der Waals surface area (Å²) in [5, 5.41) is 6.07. The van der Waals surface area contributed by atoms with Gasteiger partial charge in [-0.2, -0.15) is 52.7 Å². The molecule has 2 aromatic heterocycles. The third-order valence-corrected chi connectivity index (χ3v) is 5.33. The quantitative estimate of drug-likeness (QED) is 0.177. The van der Waals surface area contributed by atoms with Gasteiger partial charge in [0, 0.05) is 11.1 Å².